The Morgan fingerprint density at radius 3 is 2.70 bits per heavy atom. The minimum atomic E-state index is -0.628. The summed E-state index contributed by atoms with van der Waals surface area (Å²) in [7, 11) is 0. The predicted molar refractivity (Wildman–Crippen MR) is 102 cm³/mol. The molecule has 0 fully saturated rings. The lowest BCUT2D eigenvalue weighted by molar-refractivity contribution is 0.611. The Balaban J connectivity index is 1.89. The van der Waals surface area contributed by atoms with Crippen LogP contribution < -0.4 is 10.7 Å². The summed E-state index contributed by atoms with van der Waals surface area (Å²) in [5.41, 5.74) is 4.13. The lowest BCUT2D eigenvalue weighted by atomic mass is 10.1. The normalized spacial score (nSPS) is 20.2. The molecular weight excluding hydrogens is 374 g/mol. The van der Waals surface area contributed by atoms with Crippen LogP contribution in [0.25, 0.3) is 5.57 Å². The second-order valence-electron chi connectivity index (χ2n) is 5.63. The van der Waals surface area contributed by atoms with Crippen molar-refractivity contribution < 1.29 is 8.78 Å². The molecule has 0 aliphatic carbocycles. The van der Waals surface area contributed by atoms with E-state index < -0.39 is 5.82 Å². The molecule has 0 saturated carbocycles. The smallest absolute Gasteiger partial charge is 0.183 e. The van der Waals surface area contributed by atoms with Gasteiger partial charge in [0.15, 0.2) is 17.5 Å². The second-order valence-corrected chi connectivity index (χ2v) is 6.02. The molecule has 1 aromatic carbocycles. The lowest BCUT2D eigenvalue weighted by Crippen LogP contribution is -2.12. The molecule has 0 unspecified atom stereocenters. The number of hydrogen-bond acceptors (Lipinski definition) is 6. The molecule has 6 nitrogen and oxygen atoms in total. The molecule has 0 bridgehead atoms. The third-order valence-corrected chi connectivity index (χ3v) is 3.90. The molecule has 1 aliphatic rings. The van der Waals surface area contributed by atoms with Gasteiger partial charge < -0.3 is 5.32 Å². The molecule has 0 spiro atoms. The fourth-order valence-corrected chi connectivity index (χ4v) is 2.48. The molecule has 9 heteroatoms. The van der Waals surface area contributed by atoms with Gasteiger partial charge in [0.2, 0.25) is 0 Å². The Kier molecular flexibility index (Phi) is 5.56. The van der Waals surface area contributed by atoms with Crippen molar-refractivity contribution in [2.24, 2.45) is 10.1 Å². The summed E-state index contributed by atoms with van der Waals surface area (Å²) in [6.07, 6.45) is 3.86. The van der Waals surface area contributed by atoms with Crippen molar-refractivity contribution in [3.8, 4) is 0 Å². The van der Waals surface area contributed by atoms with Gasteiger partial charge in [-0.25, -0.2) is 23.7 Å². The quantitative estimate of drug-likeness (QED) is 0.829. The van der Waals surface area contributed by atoms with E-state index in [1.165, 1.54) is 24.5 Å². The third-order valence-electron chi connectivity index (χ3n) is 3.72. The summed E-state index contributed by atoms with van der Waals surface area (Å²) in [6.45, 7) is 5.63. The first-order valence-electron chi connectivity index (χ1n) is 7.91. The van der Waals surface area contributed by atoms with Crippen LogP contribution in [0, 0.1) is 11.6 Å². The monoisotopic (exact) mass is 388 g/mol. The zero-order valence-corrected chi connectivity index (χ0v) is 15.0. The second kappa shape index (κ2) is 8.05. The molecule has 0 radical (unpaired) electrons. The number of benzene rings is 1. The first kappa shape index (κ1) is 18.7. The number of aromatic nitrogens is 2. The summed E-state index contributed by atoms with van der Waals surface area (Å²) < 4.78 is 27.3. The van der Waals surface area contributed by atoms with E-state index in [9.17, 15) is 8.78 Å². The van der Waals surface area contributed by atoms with E-state index in [0.29, 0.717) is 11.3 Å². The summed E-state index contributed by atoms with van der Waals surface area (Å²) in [6, 6.07) is 5.60. The van der Waals surface area contributed by atoms with E-state index in [1.54, 1.807) is 12.1 Å². The van der Waals surface area contributed by atoms with E-state index in [2.05, 4.69) is 37.4 Å². The van der Waals surface area contributed by atoms with Crippen molar-refractivity contribution in [1.82, 2.24) is 15.4 Å². The van der Waals surface area contributed by atoms with Crippen LogP contribution in [0.15, 0.2) is 59.0 Å². The van der Waals surface area contributed by atoms with Crippen LogP contribution >= 0.6 is 11.6 Å². The number of nitrogens with zero attached hydrogens (tertiary/aromatic N) is 4. The molecule has 0 saturated heterocycles. The van der Waals surface area contributed by atoms with Crippen molar-refractivity contribution in [1.29, 1.82) is 0 Å². The van der Waals surface area contributed by atoms with Crippen LogP contribution in [0.5, 0.6) is 0 Å². The number of hydrazone groups is 1. The number of hydrogen-bond donors (Lipinski definition) is 2. The number of rotatable bonds is 4. The van der Waals surface area contributed by atoms with E-state index in [1.807, 2.05) is 6.92 Å². The van der Waals surface area contributed by atoms with Crippen LogP contribution in [-0.4, -0.2) is 21.4 Å². The maximum absolute atomic E-state index is 14.2. The van der Waals surface area contributed by atoms with Crippen molar-refractivity contribution >= 4 is 34.4 Å². The highest BCUT2D eigenvalue weighted by Crippen LogP contribution is 2.25. The highest BCUT2D eigenvalue weighted by molar-refractivity contribution is 6.80. The van der Waals surface area contributed by atoms with Crippen LogP contribution in [0.4, 0.5) is 14.6 Å². The lowest BCUT2D eigenvalue weighted by Gasteiger charge is -2.16. The molecule has 2 heterocycles. The van der Waals surface area contributed by atoms with Gasteiger partial charge in [-0.1, -0.05) is 30.3 Å². The van der Waals surface area contributed by atoms with Gasteiger partial charge >= 0.3 is 0 Å². The molecule has 138 valence electrons. The first-order valence-corrected chi connectivity index (χ1v) is 8.29. The molecule has 1 aromatic heterocycles. The van der Waals surface area contributed by atoms with Gasteiger partial charge in [0.25, 0.3) is 0 Å². The summed E-state index contributed by atoms with van der Waals surface area (Å²) in [5, 5.41) is 6.91. The van der Waals surface area contributed by atoms with Crippen molar-refractivity contribution in [3.05, 3.63) is 72.0 Å². The van der Waals surface area contributed by atoms with Gasteiger partial charge in [-0.15, -0.1) is 0 Å². The maximum atomic E-state index is 14.2. The minimum Gasteiger partial charge on any atom is -0.361 e. The number of nitrogens with one attached hydrogen (secondary N) is 2. The molecule has 2 N–H and O–H groups in total. The molecule has 2 aromatic rings. The average molecular weight is 389 g/mol. The summed E-state index contributed by atoms with van der Waals surface area (Å²) in [5.74, 6) is -0.790. The number of aliphatic imine (C=N–C) groups is 1. The summed E-state index contributed by atoms with van der Waals surface area (Å²) in [4.78, 5) is 12.3. The van der Waals surface area contributed by atoms with E-state index in [-0.39, 0.29) is 28.7 Å². The van der Waals surface area contributed by atoms with E-state index in [0.717, 1.165) is 11.8 Å². The Hall–Kier alpha value is -3.13. The third kappa shape index (κ3) is 4.53. The SMILES string of the molecule is C=C1/N=C(Cl)\C=N/N/C=C\1c1ncc(F)c(N[C@@H](C)c2ccc(F)cc2)n1. The van der Waals surface area contributed by atoms with Crippen LogP contribution in [0.3, 0.4) is 0 Å². The number of halogens is 3. The zero-order chi connectivity index (χ0) is 19.4. The highest BCUT2D eigenvalue weighted by atomic mass is 35.5. The first-order chi connectivity index (χ1) is 12.9. The van der Waals surface area contributed by atoms with Crippen molar-refractivity contribution in [2.45, 2.75) is 13.0 Å². The fourth-order valence-electron chi connectivity index (χ4n) is 2.33. The van der Waals surface area contributed by atoms with Crippen LogP contribution in [0.2, 0.25) is 0 Å². The topological polar surface area (TPSA) is 74.6 Å². The van der Waals surface area contributed by atoms with Crippen molar-refractivity contribution in [2.75, 3.05) is 5.32 Å². The van der Waals surface area contributed by atoms with Crippen molar-refractivity contribution in [3.63, 3.8) is 0 Å². The zero-order valence-electron chi connectivity index (χ0n) is 14.2. The van der Waals surface area contributed by atoms with Gasteiger partial charge in [0.05, 0.1) is 29.7 Å². The van der Waals surface area contributed by atoms with E-state index in [4.69, 9.17) is 11.6 Å². The van der Waals surface area contributed by atoms with Crippen LogP contribution in [-0.2, 0) is 0 Å². The molecule has 27 heavy (non-hydrogen) atoms. The standard InChI is InChI=1S/C18H15ClF2N6/c1-10(12-3-5-13(20)6-4-12)26-18-15(21)8-22-17(27-18)14-7-23-24-9-16(19)25-11(14)2/h3-10,23H,2H2,1H3,(H,22,26,27)/b14-7+,24-9-,25-16+/t10-/m0/s1. The Morgan fingerprint density at radius 1 is 1.22 bits per heavy atom. The van der Waals surface area contributed by atoms with Gasteiger partial charge in [-0.3, -0.25) is 5.43 Å². The Morgan fingerprint density at radius 2 is 1.96 bits per heavy atom. The minimum absolute atomic E-state index is 0.00818. The van der Waals surface area contributed by atoms with E-state index >= 15 is 0 Å². The molecule has 1 aliphatic heterocycles. The number of anilines is 1. The Bertz CT molecular complexity index is 953. The largest absolute Gasteiger partial charge is 0.361 e. The molecule has 3 rings (SSSR count). The summed E-state index contributed by atoms with van der Waals surface area (Å²) >= 11 is 5.88. The molecule has 1 atom stereocenters. The van der Waals surface area contributed by atoms with Gasteiger partial charge in [0.1, 0.15) is 11.0 Å². The average Bonchev–Trinajstić information content (AvgIpc) is 2.63. The highest BCUT2D eigenvalue weighted by Gasteiger charge is 2.16. The van der Waals surface area contributed by atoms with Crippen LogP contribution in [0.1, 0.15) is 24.4 Å². The van der Waals surface area contributed by atoms with Gasteiger partial charge in [-0.05, 0) is 24.6 Å². The van der Waals surface area contributed by atoms with Gasteiger partial charge in [-0.2, -0.15) is 5.10 Å². The van der Waals surface area contributed by atoms with Gasteiger partial charge in [0, 0.05) is 6.20 Å². The molecule has 0 amide bonds. The Labute approximate surface area is 159 Å². The maximum Gasteiger partial charge on any atom is 0.183 e. The number of allylic oxidation sites excluding steroid dienone is 1. The fraction of sp³-hybridized carbons (Fsp3) is 0.111. The molecular formula is C18H15ClF2N6. The predicted octanol–water partition coefficient (Wildman–Crippen LogP) is 4.01.